The van der Waals surface area contributed by atoms with Gasteiger partial charge in [0.25, 0.3) is 5.89 Å². The number of alkyl halides is 3. The summed E-state index contributed by atoms with van der Waals surface area (Å²) in [4.78, 5) is 14.8. The van der Waals surface area contributed by atoms with Gasteiger partial charge in [-0.05, 0) is 54.6 Å². The zero-order chi connectivity index (χ0) is 24.0. The van der Waals surface area contributed by atoms with Gasteiger partial charge in [0.15, 0.2) is 0 Å². The minimum Gasteiger partial charge on any atom is -0.481 e. The summed E-state index contributed by atoms with van der Waals surface area (Å²) in [6, 6.07) is 11.5. The summed E-state index contributed by atoms with van der Waals surface area (Å²) in [5, 5.41) is 15.7. The highest BCUT2D eigenvalue weighted by atomic mass is 19.4. The normalized spacial score (nSPS) is 11.8. The van der Waals surface area contributed by atoms with Crippen LogP contribution in [0.4, 0.5) is 13.2 Å². The van der Waals surface area contributed by atoms with Crippen LogP contribution in [-0.4, -0.2) is 27.8 Å². The van der Waals surface area contributed by atoms with Crippen molar-refractivity contribution < 1.29 is 27.6 Å². The van der Waals surface area contributed by atoms with Crippen LogP contribution in [0.1, 0.15) is 43.4 Å². The Morgan fingerprint density at radius 1 is 1.12 bits per heavy atom. The van der Waals surface area contributed by atoms with Crippen molar-refractivity contribution in [2.75, 3.05) is 6.54 Å². The predicted molar refractivity (Wildman–Crippen MR) is 117 cm³/mol. The van der Waals surface area contributed by atoms with E-state index in [0.717, 1.165) is 11.6 Å². The lowest BCUT2D eigenvalue weighted by Crippen LogP contribution is -2.15. The smallest absolute Gasteiger partial charge is 0.416 e. The van der Waals surface area contributed by atoms with Crippen molar-refractivity contribution in [3.63, 3.8) is 0 Å². The summed E-state index contributed by atoms with van der Waals surface area (Å²) in [5.74, 6) is -0.417. The van der Waals surface area contributed by atoms with Gasteiger partial charge in [-0.25, -0.2) is 0 Å². The van der Waals surface area contributed by atoms with Crippen molar-refractivity contribution in [3.8, 4) is 22.8 Å². The molecule has 0 aliphatic rings. The van der Waals surface area contributed by atoms with E-state index in [2.05, 4.69) is 15.5 Å². The molecule has 0 radical (unpaired) electrons. The molecule has 0 amide bonds. The summed E-state index contributed by atoms with van der Waals surface area (Å²) < 4.78 is 46.0. The van der Waals surface area contributed by atoms with Crippen molar-refractivity contribution in [2.24, 2.45) is 5.92 Å². The molecule has 0 unspecified atom stereocenters. The number of hydrogen-bond acceptors (Lipinski definition) is 5. The summed E-state index contributed by atoms with van der Waals surface area (Å²) >= 11 is 0. The Kier molecular flexibility index (Phi) is 7.86. The molecule has 0 saturated carbocycles. The average molecular weight is 461 g/mol. The van der Waals surface area contributed by atoms with Crippen LogP contribution in [0.3, 0.4) is 0 Å². The van der Waals surface area contributed by atoms with E-state index in [1.54, 1.807) is 18.2 Å². The third-order valence-electron chi connectivity index (χ3n) is 5.00. The van der Waals surface area contributed by atoms with E-state index in [9.17, 15) is 18.0 Å². The van der Waals surface area contributed by atoms with Crippen LogP contribution in [0.15, 0.2) is 47.0 Å². The van der Waals surface area contributed by atoms with Crippen molar-refractivity contribution in [1.82, 2.24) is 15.5 Å². The fourth-order valence-electron chi connectivity index (χ4n) is 3.42. The van der Waals surface area contributed by atoms with Gasteiger partial charge >= 0.3 is 12.1 Å². The van der Waals surface area contributed by atoms with Gasteiger partial charge in [-0.2, -0.15) is 18.2 Å². The second-order valence-corrected chi connectivity index (χ2v) is 8.26. The second-order valence-electron chi connectivity index (χ2n) is 8.26. The monoisotopic (exact) mass is 461 g/mol. The molecule has 3 rings (SSSR count). The molecule has 0 aliphatic carbocycles. The molecule has 0 fully saturated rings. The summed E-state index contributed by atoms with van der Waals surface area (Å²) in [6.07, 6.45) is -3.47. The molecule has 6 nitrogen and oxygen atoms in total. The number of carboxylic acids is 1. The van der Waals surface area contributed by atoms with Crippen LogP contribution >= 0.6 is 0 Å². The SMILES string of the molecule is CC(C)Cc1ccc(-c2noc(-c3ccc(CNCCCC(=O)O)cc3)n2)cc1C(F)(F)F. The van der Waals surface area contributed by atoms with Gasteiger partial charge < -0.3 is 14.9 Å². The molecule has 2 aromatic carbocycles. The molecule has 33 heavy (non-hydrogen) atoms. The van der Waals surface area contributed by atoms with Gasteiger partial charge in [0.2, 0.25) is 5.82 Å². The molecular formula is C24H26F3N3O3. The lowest BCUT2D eigenvalue weighted by molar-refractivity contribution is -0.138. The molecule has 2 N–H and O–H groups in total. The first-order valence-electron chi connectivity index (χ1n) is 10.7. The topological polar surface area (TPSA) is 88.2 Å². The van der Waals surface area contributed by atoms with Crippen LogP contribution in [0.25, 0.3) is 22.8 Å². The van der Waals surface area contributed by atoms with Crippen LogP contribution in [0.5, 0.6) is 0 Å². The molecule has 0 atom stereocenters. The first-order chi connectivity index (χ1) is 15.6. The molecule has 1 heterocycles. The number of hydrogen-bond donors (Lipinski definition) is 2. The molecule has 0 bridgehead atoms. The quantitative estimate of drug-likeness (QED) is 0.384. The number of carbonyl (C=O) groups is 1. The first-order valence-corrected chi connectivity index (χ1v) is 10.7. The van der Waals surface area contributed by atoms with Gasteiger partial charge in [0, 0.05) is 24.1 Å². The molecule has 9 heteroatoms. The molecule has 3 aromatic rings. The van der Waals surface area contributed by atoms with Gasteiger partial charge in [0.05, 0.1) is 5.56 Å². The average Bonchev–Trinajstić information content (AvgIpc) is 3.23. The zero-order valence-electron chi connectivity index (χ0n) is 18.4. The van der Waals surface area contributed by atoms with Crippen LogP contribution in [0, 0.1) is 5.92 Å². The van der Waals surface area contributed by atoms with E-state index in [1.165, 1.54) is 6.07 Å². The first kappa shape index (κ1) is 24.4. The number of nitrogens with zero attached hydrogens (tertiary/aromatic N) is 2. The van der Waals surface area contributed by atoms with E-state index in [1.807, 2.05) is 26.0 Å². The Bertz CT molecular complexity index is 1080. The number of carboxylic acid groups (broad SMARTS) is 1. The van der Waals surface area contributed by atoms with Crippen molar-refractivity contribution in [2.45, 2.75) is 45.8 Å². The maximum atomic E-state index is 13.6. The summed E-state index contributed by atoms with van der Waals surface area (Å²) in [6.45, 7) is 4.93. The number of halogens is 3. The lowest BCUT2D eigenvalue weighted by Gasteiger charge is -2.15. The number of rotatable bonds is 10. The van der Waals surface area contributed by atoms with Crippen molar-refractivity contribution >= 4 is 5.97 Å². The van der Waals surface area contributed by atoms with Gasteiger partial charge in [0.1, 0.15) is 0 Å². The summed E-state index contributed by atoms with van der Waals surface area (Å²) in [7, 11) is 0. The van der Waals surface area contributed by atoms with E-state index >= 15 is 0 Å². The fourth-order valence-corrected chi connectivity index (χ4v) is 3.42. The Balaban J connectivity index is 1.71. The Labute approximate surface area is 189 Å². The molecule has 1 aromatic heterocycles. The molecular weight excluding hydrogens is 435 g/mol. The minimum absolute atomic E-state index is 0.0933. The van der Waals surface area contributed by atoms with Gasteiger partial charge in [-0.1, -0.05) is 43.3 Å². The third-order valence-corrected chi connectivity index (χ3v) is 5.00. The maximum absolute atomic E-state index is 13.6. The van der Waals surface area contributed by atoms with E-state index in [0.29, 0.717) is 31.5 Å². The standard InChI is InChI=1S/C24H26F3N3O3/c1-15(2)12-18-9-10-19(13-20(18)24(25,26)27)22-29-23(33-30-22)17-7-5-16(6-8-17)14-28-11-3-4-21(31)32/h5-10,13,15,28H,3-4,11-12,14H2,1-2H3,(H,31,32). The Hall–Kier alpha value is -3.20. The Morgan fingerprint density at radius 2 is 1.82 bits per heavy atom. The number of aromatic nitrogens is 2. The number of benzene rings is 2. The van der Waals surface area contributed by atoms with Crippen LogP contribution in [-0.2, 0) is 23.9 Å². The van der Waals surface area contributed by atoms with Gasteiger partial charge in [-0.15, -0.1) is 0 Å². The third kappa shape index (κ3) is 6.89. The second kappa shape index (κ2) is 10.6. The zero-order valence-corrected chi connectivity index (χ0v) is 18.4. The highest BCUT2D eigenvalue weighted by Crippen LogP contribution is 2.35. The molecule has 0 aliphatic heterocycles. The minimum atomic E-state index is -4.47. The van der Waals surface area contributed by atoms with Crippen molar-refractivity contribution in [1.29, 1.82) is 0 Å². The van der Waals surface area contributed by atoms with Crippen LogP contribution in [0.2, 0.25) is 0 Å². The lowest BCUT2D eigenvalue weighted by atomic mass is 9.95. The number of nitrogens with one attached hydrogen (secondary N) is 1. The number of aliphatic carboxylic acids is 1. The van der Waals surface area contributed by atoms with Crippen molar-refractivity contribution in [3.05, 3.63) is 59.2 Å². The highest BCUT2D eigenvalue weighted by Gasteiger charge is 2.34. The molecule has 176 valence electrons. The summed E-state index contributed by atoms with van der Waals surface area (Å²) in [5.41, 5.74) is 1.45. The van der Waals surface area contributed by atoms with Gasteiger partial charge in [-0.3, -0.25) is 4.79 Å². The fraction of sp³-hybridized carbons (Fsp3) is 0.375. The van der Waals surface area contributed by atoms with E-state index in [-0.39, 0.29) is 35.2 Å². The largest absolute Gasteiger partial charge is 0.481 e. The predicted octanol–water partition coefficient (Wildman–Crippen LogP) is 5.58. The van der Waals surface area contributed by atoms with E-state index in [4.69, 9.17) is 9.63 Å². The highest BCUT2D eigenvalue weighted by molar-refractivity contribution is 5.66. The molecule has 0 spiro atoms. The Morgan fingerprint density at radius 3 is 2.45 bits per heavy atom. The molecule has 0 saturated heterocycles. The van der Waals surface area contributed by atoms with E-state index < -0.39 is 17.7 Å². The maximum Gasteiger partial charge on any atom is 0.416 e. The van der Waals surface area contributed by atoms with Crippen LogP contribution < -0.4 is 5.32 Å².